The first-order valence-electron chi connectivity index (χ1n) is 2.69. The lowest BCUT2D eigenvalue weighted by Crippen LogP contribution is -1.98. The molecule has 0 fully saturated rings. The fourth-order valence-electron chi connectivity index (χ4n) is 0.602. The van der Waals surface area contributed by atoms with E-state index in [4.69, 9.17) is 5.73 Å². The summed E-state index contributed by atoms with van der Waals surface area (Å²) in [4.78, 5) is 0. The van der Waals surface area contributed by atoms with Crippen molar-refractivity contribution in [3.05, 3.63) is 35.6 Å². The van der Waals surface area contributed by atoms with Crippen molar-refractivity contribution >= 4 is 23.1 Å². The van der Waals surface area contributed by atoms with Crippen LogP contribution in [0.3, 0.4) is 0 Å². The third-order valence-electron chi connectivity index (χ3n) is 1.11. The zero-order chi connectivity index (χ0) is 6.69. The summed E-state index contributed by atoms with van der Waals surface area (Å²) >= 11 is 0. The molecule has 0 aliphatic carbocycles. The zero-order valence-electron chi connectivity index (χ0n) is 4.89. The highest BCUT2D eigenvalue weighted by atomic mass is 24.3. The average molecular weight is 150 g/mol. The van der Waals surface area contributed by atoms with Crippen molar-refractivity contribution in [3.63, 3.8) is 0 Å². The Hall–Kier alpha value is -0.124. The summed E-state index contributed by atoms with van der Waals surface area (Å²) < 4.78 is 12.5. The molecule has 51 valence electrons. The fraction of sp³-hybridized carbons (Fsp3) is 0.143. The van der Waals surface area contributed by atoms with Gasteiger partial charge in [0.05, 0.1) is 0 Å². The van der Waals surface area contributed by atoms with Gasteiger partial charge < -0.3 is 5.73 Å². The topological polar surface area (TPSA) is 26.0 Å². The maximum atomic E-state index is 12.5. The van der Waals surface area contributed by atoms with Crippen molar-refractivity contribution in [3.8, 4) is 0 Å². The number of benzene rings is 1. The van der Waals surface area contributed by atoms with Crippen molar-refractivity contribution < 1.29 is 4.39 Å². The van der Waals surface area contributed by atoms with Crippen LogP contribution in [-0.4, -0.2) is 23.1 Å². The highest BCUT2D eigenvalue weighted by molar-refractivity contribution is 5.75. The van der Waals surface area contributed by atoms with Gasteiger partial charge in [-0.3, -0.25) is 0 Å². The van der Waals surface area contributed by atoms with Crippen molar-refractivity contribution in [2.45, 2.75) is 6.54 Å². The summed E-state index contributed by atoms with van der Waals surface area (Å²) in [6.45, 7) is 0.239. The Balaban J connectivity index is 0.000000810. The SMILES string of the molecule is NCc1c[c]ccc1F.[MgH2]. The molecule has 1 radical (unpaired) electrons. The Morgan fingerprint density at radius 1 is 1.60 bits per heavy atom. The third kappa shape index (κ3) is 2.25. The average Bonchev–Trinajstić information content (AvgIpc) is 1.89. The van der Waals surface area contributed by atoms with Gasteiger partial charge in [0.15, 0.2) is 0 Å². The van der Waals surface area contributed by atoms with Crippen molar-refractivity contribution in [1.82, 2.24) is 0 Å². The van der Waals surface area contributed by atoms with Gasteiger partial charge in [-0.05, 0) is 18.2 Å². The Bertz CT molecular complexity index is 203. The van der Waals surface area contributed by atoms with E-state index in [1.165, 1.54) is 12.1 Å². The molecule has 0 aliphatic rings. The molecule has 10 heavy (non-hydrogen) atoms. The molecule has 0 bridgehead atoms. The Kier molecular flexibility index (Phi) is 4.60. The molecular formula is C7H9FMgN. The minimum atomic E-state index is -0.253. The molecule has 0 aromatic heterocycles. The van der Waals surface area contributed by atoms with Crippen molar-refractivity contribution in [1.29, 1.82) is 0 Å². The zero-order valence-corrected chi connectivity index (χ0v) is 4.89. The van der Waals surface area contributed by atoms with Gasteiger partial charge in [-0.25, -0.2) is 4.39 Å². The Morgan fingerprint density at radius 2 is 2.30 bits per heavy atom. The molecular weight excluding hydrogens is 141 g/mol. The second kappa shape index (κ2) is 4.65. The molecule has 0 saturated carbocycles. The Labute approximate surface area is 75.6 Å². The second-order valence-corrected chi connectivity index (χ2v) is 1.72. The number of hydrogen-bond donors (Lipinski definition) is 1. The van der Waals surface area contributed by atoms with Gasteiger partial charge in [-0.15, -0.1) is 0 Å². The van der Waals surface area contributed by atoms with Gasteiger partial charge in [0.25, 0.3) is 0 Å². The predicted octanol–water partition coefficient (Wildman–Crippen LogP) is 0.168. The molecule has 1 aromatic carbocycles. The smallest absolute Gasteiger partial charge is 0.316 e. The highest BCUT2D eigenvalue weighted by Gasteiger charge is 1.94. The number of halogens is 1. The Morgan fingerprint density at radius 3 is 2.70 bits per heavy atom. The van der Waals surface area contributed by atoms with Gasteiger partial charge in [0.1, 0.15) is 5.82 Å². The predicted molar refractivity (Wildman–Crippen MR) is 41.7 cm³/mol. The highest BCUT2D eigenvalue weighted by Crippen LogP contribution is 2.02. The summed E-state index contributed by atoms with van der Waals surface area (Å²) in [6.07, 6.45) is 0. The van der Waals surface area contributed by atoms with E-state index >= 15 is 0 Å². The van der Waals surface area contributed by atoms with E-state index in [-0.39, 0.29) is 35.4 Å². The van der Waals surface area contributed by atoms with Crippen LogP contribution < -0.4 is 5.73 Å². The third-order valence-corrected chi connectivity index (χ3v) is 1.11. The summed E-state index contributed by atoms with van der Waals surface area (Å²) in [5.41, 5.74) is 5.70. The summed E-state index contributed by atoms with van der Waals surface area (Å²) in [6, 6.07) is 7.16. The van der Waals surface area contributed by atoms with Crippen LogP contribution >= 0.6 is 0 Å². The number of nitrogens with two attached hydrogens (primary N) is 1. The van der Waals surface area contributed by atoms with E-state index in [9.17, 15) is 4.39 Å². The molecule has 0 heterocycles. The van der Waals surface area contributed by atoms with Crippen LogP contribution in [0.15, 0.2) is 18.2 Å². The van der Waals surface area contributed by atoms with Crippen LogP contribution in [0, 0.1) is 11.9 Å². The molecule has 0 atom stereocenters. The van der Waals surface area contributed by atoms with E-state index < -0.39 is 0 Å². The standard InChI is InChI=1S/C7H7FN.Mg.2H/c8-7-4-2-1-3-6(7)5-9;;;/h2-4H,5,9H2;;;. The first-order valence-corrected chi connectivity index (χ1v) is 2.69. The normalized spacial score (nSPS) is 8.60. The lowest BCUT2D eigenvalue weighted by molar-refractivity contribution is 0.610. The van der Waals surface area contributed by atoms with Crippen LogP contribution in [0.1, 0.15) is 5.56 Å². The summed E-state index contributed by atoms with van der Waals surface area (Å²) in [5, 5.41) is 0. The second-order valence-electron chi connectivity index (χ2n) is 1.72. The fourth-order valence-corrected chi connectivity index (χ4v) is 0.602. The first kappa shape index (κ1) is 9.88. The maximum Gasteiger partial charge on any atom is 0.316 e. The molecule has 0 spiro atoms. The first-order chi connectivity index (χ1) is 4.34. The summed E-state index contributed by atoms with van der Waals surface area (Å²) in [5.74, 6) is -0.253. The van der Waals surface area contributed by atoms with Gasteiger partial charge in [0, 0.05) is 12.1 Å². The van der Waals surface area contributed by atoms with E-state index in [1.807, 2.05) is 0 Å². The van der Waals surface area contributed by atoms with Gasteiger partial charge in [-0.1, -0.05) is 6.07 Å². The van der Waals surface area contributed by atoms with Crippen LogP contribution in [0.2, 0.25) is 0 Å². The van der Waals surface area contributed by atoms with Crippen LogP contribution in [0.5, 0.6) is 0 Å². The minimum Gasteiger partial charge on any atom is -0.326 e. The van der Waals surface area contributed by atoms with Gasteiger partial charge >= 0.3 is 23.1 Å². The van der Waals surface area contributed by atoms with Crippen LogP contribution in [0.25, 0.3) is 0 Å². The molecule has 0 saturated heterocycles. The van der Waals surface area contributed by atoms with E-state index in [1.54, 1.807) is 6.07 Å². The largest absolute Gasteiger partial charge is 0.326 e. The van der Waals surface area contributed by atoms with Crippen LogP contribution in [0.4, 0.5) is 4.39 Å². The molecule has 0 amide bonds. The number of hydrogen-bond acceptors (Lipinski definition) is 1. The van der Waals surface area contributed by atoms with Crippen LogP contribution in [-0.2, 0) is 6.54 Å². The molecule has 2 N–H and O–H groups in total. The molecule has 0 aliphatic heterocycles. The maximum absolute atomic E-state index is 12.5. The van der Waals surface area contributed by atoms with Crippen molar-refractivity contribution in [2.24, 2.45) is 5.73 Å². The van der Waals surface area contributed by atoms with E-state index in [0.717, 1.165) is 0 Å². The van der Waals surface area contributed by atoms with E-state index in [2.05, 4.69) is 6.07 Å². The van der Waals surface area contributed by atoms with Gasteiger partial charge in [-0.2, -0.15) is 0 Å². The summed E-state index contributed by atoms with van der Waals surface area (Å²) in [7, 11) is 0. The minimum absolute atomic E-state index is 0. The van der Waals surface area contributed by atoms with E-state index in [0.29, 0.717) is 5.56 Å². The molecule has 0 unspecified atom stereocenters. The molecule has 3 heteroatoms. The molecule has 1 aromatic rings. The van der Waals surface area contributed by atoms with Gasteiger partial charge in [0.2, 0.25) is 0 Å². The molecule has 1 nitrogen and oxygen atoms in total. The molecule has 1 rings (SSSR count). The number of rotatable bonds is 1. The van der Waals surface area contributed by atoms with Crippen molar-refractivity contribution in [2.75, 3.05) is 0 Å². The lowest BCUT2D eigenvalue weighted by atomic mass is 10.2. The lowest BCUT2D eigenvalue weighted by Gasteiger charge is -1.94. The monoisotopic (exact) mass is 150 g/mol. The quantitative estimate of drug-likeness (QED) is 0.568.